The molecule has 0 atom stereocenters. The van der Waals surface area contributed by atoms with E-state index in [0.717, 1.165) is 50.4 Å². The van der Waals surface area contributed by atoms with Gasteiger partial charge in [0.1, 0.15) is 45.3 Å². The zero-order chi connectivity index (χ0) is 30.9. The van der Waals surface area contributed by atoms with E-state index in [-0.39, 0.29) is 15.7 Å². The predicted octanol–water partition coefficient (Wildman–Crippen LogP) is 6.09. The number of nitrogens with one attached hydrogen (secondary N) is 2. The van der Waals surface area contributed by atoms with E-state index in [1.807, 2.05) is 12.1 Å². The largest absolute Gasteiger partial charge is 0.495 e. The fraction of sp³-hybridized carbons (Fsp3) is 0.400. The van der Waals surface area contributed by atoms with Gasteiger partial charge in [0.25, 0.3) is 0 Å². The highest BCUT2D eigenvalue weighted by Gasteiger charge is 2.22. The lowest BCUT2D eigenvalue weighted by molar-refractivity contribution is -0.120. The van der Waals surface area contributed by atoms with E-state index in [1.165, 1.54) is 25.4 Å². The number of ether oxygens (including phenoxy) is 2. The Morgan fingerprint density at radius 2 is 1.63 bits per heavy atom. The van der Waals surface area contributed by atoms with Gasteiger partial charge in [0.15, 0.2) is 0 Å². The fourth-order valence-corrected chi connectivity index (χ4v) is 5.25. The molecule has 0 unspecified atom stereocenters. The standard InChI is InChI=1S/C30H37Cl2N7O4/c1-5-6-7-22(40)18-38-12-14-39(15-13-38)21-10-8-20(9-11-21)35-25-17-26(34-19-33-25)37(2)30(41)36-29-27(31)23(42-3)16-24(43-4)28(29)32/h8-11,16-17,19H,5-7,12-15,18H2,1-4H3,(H,36,41)(H,33,34,35). The Labute approximate surface area is 262 Å². The lowest BCUT2D eigenvalue weighted by atomic mass is 10.1. The molecular weight excluding hydrogens is 593 g/mol. The molecule has 43 heavy (non-hydrogen) atoms. The van der Waals surface area contributed by atoms with E-state index in [1.54, 1.807) is 19.2 Å². The number of ketones is 1. The number of amides is 2. The normalized spacial score (nSPS) is 13.4. The molecule has 230 valence electrons. The van der Waals surface area contributed by atoms with Crippen LogP contribution in [0.5, 0.6) is 11.5 Å². The van der Waals surface area contributed by atoms with Crippen LogP contribution in [0.4, 0.5) is 33.5 Å². The summed E-state index contributed by atoms with van der Waals surface area (Å²) in [6.45, 7) is 6.13. The number of benzene rings is 2. The van der Waals surface area contributed by atoms with E-state index >= 15 is 0 Å². The summed E-state index contributed by atoms with van der Waals surface area (Å²) in [7, 11) is 4.48. The zero-order valence-electron chi connectivity index (χ0n) is 24.8. The fourth-order valence-electron chi connectivity index (χ4n) is 4.66. The van der Waals surface area contributed by atoms with Crippen LogP contribution in [-0.4, -0.2) is 80.7 Å². The molecular formula is C30H37Cl2N7O4. The van der Waals surface area contributed by atoms with Crippen LogP contribution >= 0.6 is 23.2 Å². The lowest BCUT2D eigenvalue weighted by Crippen LogP contribution is -2.48. The van der Waals surface area contributed by atoms with E-state index in [0.29, 0.717) is 41.9 Å². The van der Waals surface area contributed by atoms with Crippen LogP contribution in [0.25, 0.3) is 0 Å². The van der Waals surface area contributed by atoms with Crippen LogP contribution in [0.15, 0.2) is 42.7 Å². The minimum Gasteiger partial charge on any atom is -0.495 e. The highest BCUT2D eigenvalue weighted by molar-refractivity contribution is 6.41. The first-order valence-corrected chi connectivity index (χ1v) is 14.8. The van der Waals surface area contributed by atoms with Crippen LogP contribution in [0.1, 0.15) is 26.2 Å². The number of urea groups is 1. The molecule has 4 rings (SSSR count). The number of carbonyl (C=O) groups excluding carboxylic acids is 2. The van der Waals surface area contributed by atoms with Crippen molar-refractivity contribution in [3.8, 4) is 11.5 Å². The summed E-state index contributed by atoms with van der Waals surface area (Å²) in [5, 5.41) is 6.26. The summed E-state index contributed by atoms with van der Waals surface area (Å²) in [6.07, 6.45) is 4.05. The summed E-state index contributed by atoms with van der Waals surface area (Å²) < 4.78 is 10.5. The molecule has 0 aliphatic carbocycles. The molecule has 2 heterocycles. The van der Waals surface area contributed by atoms with E-state index in [2.05, 4.69) is 49.5 Å². The van der Waals surface area contributed by atoms with Gasteiger partial charge < -0.3 is 25.0 Å². The lowest BCUT2D eigenvalue weighted by Gasteiger charge is -2.35. The minimum atomic E-state index is -0.529. The number of hydrogen-bond acceptors (Lipinski definition) is 9. The number of halogens is 2. The molecule has 1 aliphatic rings. The third-order valence-electron chi connectivity index (χ3n) is 7.19. The molecule has 2 amide bonds. The summed E-state index contributed by atoms with van der Waals surface area (Å²) >= 11 is 12.8. The second-order valence-electron chi connectivity index (χ2n) is 10.1. The Morgan fingerprint density at radius 3 is 2.23 bits per heavy atom. The van der Waals surface area contributed by atoms with Crippen molar-refractivity contribution in [2.75, 3.05) is 74.4 Å². The number of anilines is 5. The first-order valence-electron chi connectivity index (χ1n) is 14.1. The molecule has 0 bridgehead atoms. The van der Waals surface area contributed by atoms with Crippen LogP contribution in [0, 0.1) is 0 Å². The van der Waals surface area contributed by atoms with Crippen molar-refractivity contribution in [1.29, 1.82) is 0 Å². The van der Waals surface area contributed by atoms with Gasteiger partial charge in [-0.05, 0) is 30.7 Å². The first-order chi connectivity index (χ1) is 20.7. The monoisotopic (exact) mass is 629 g/mol. The van der Waals surface area contributed by atoms with E-state index in [9.17, 15) is 9.59 Å². The quantitative estimate of drug-likeness (QED) is 0.245. The number of unbranched alkanes of at least 4 members (excludes halogenated alkanes) is 1. The molecule has 1 saturated heterocycles. The first kappa shape index (κ1) is 32.1. The van der Waals surface area contributed by atoms with Crippen LogP contribution in [-0.2, 0) is 4.79 Å². The van der Waals surface area contributed by atoms with Crippen LogP contribution in [0.2, 0.25) is 10.0 Å². The molecule has 1 aliphatic heterocycles. The number of nitrogens with zero attached hydrogens (tertiary/aromatic N) is 5. The van der Waals surface area contributed by atoms with E-state index in [4.69, 9.17) is 32.7 Å². The van der Waals surface area contributed by atoms with Crippen molar-refractivity contribution < 1.29 is 19.1 Å². The average molecular weight is 631 g/mol. The Morgan fingerprint density at radius 1 is 0.977 bits per heavy atom. The number of methoxy groups -OCH3 is 2. The topological polar surface area (TPSA) is 112 Å². The molecule has 3 aromatic rings. The minimum absolute atomic E-state index is 0.142. The van der Waals surface area contributed by atoms with Crippen molar-refractivity contribution in [3.63, 3.8) is 0 Å². The van der Waals surface area contributed by atoms with Crippen molar-refractivity contribution in [1.82, 2.24) is 14.9 Å². The predicted molar refractivity (Wildman–Crippen MR) is 172 cm³/mol. The van der Waals surface area contributed by atoms with Crippen LogP contribution < -0.4 is 29.9 Å². The highest BCUT2D eigenvalue weighted by Crippen LogP contribution is 2.44. The maximum Gasteiger partial charge on any atom is 0.327 e. The van der Waals surface area contributed by atoms with E-state index < -0.39 is 6.03 Å². The van der Waals surface area contributed by atoms with Gasteiger partial charge in [-0.1, -0.05) is 36.5 Å². The Kier molecular flexibility index (Phi) is 11.3. The summed E-state index contributed by atoms with van der Waals surface area (Å²) in [6, 6.07) is 10.7. The smallest absolute Gasteiger partial charge is 0.327 e. The van der Waals surface area contributed by atoms with Gasteiger partial charge in [-0.3, -0.25) is 14.6 Å². The molecule has 0 spiro atoms. The summed E-state index contributed by atoms with van der Waals surface area (Å²) in [5.41, 5.74) is 2.11. The average Bonchev–Trinajstić information content (AvgIpc) is 3.02. The molecule has 0 saturated carbocycles. The molecule has 11 nitrogen and oxygen atoms in total. The number of piperazine rings is 1. The highest BCUT2D eigenvalue weighted by atomic mass is 35.5. The second-order valence-corrected chi connectivity index (χ2v) is 10.9. The third kappa shape index (κ3) is 8.19. The van der Waals surface area contributed by atoms with Gasteiger partial charge in [-0.25, -0.2) is 14.8 Å². The zero-order valence-corrected chi connectivity index (χ0v) is 26.3. The molecule has 1 fully saturated rings. The molecule has 1 aromatic heterocycles. The van der Waals surface area contributed by atoms with Crippen molar-refractivity contribution in [2.45, 2.75) is 26.2 Å². The van der Waals surface area contributed by atoms with Gasteiger partial charge in [-0.15, -0.1) is 0 Å². The van der Waals surface area contributed by atoms with Gasteiger partial charge in [-0.2, -0.15) is 0 Å². The molecule has 0 radical (unpaired) electrons. The second kappa shape index (κ2) is 15.1. The van der Waals surface area contributed by atoms with Gasteiger partial charge in [0.05, 0.1) is 26.5 Å². The van der Waals surface area contributed by atoms with Crippen LogP contribution in [0.3, 0.4) is 0 Å². The number of rotatable bonds is 12. The molecule has 2 N–H and O–H groups in total. The third-order valence-corrected chi connectivity index (χ3v) is 7.94. The van der Waals surface area contributed by atoms with Crippen molar-refractivity contribution in [3.05, 3.63) is 52.8 Å². The Bertz CT molecular complexity index is 1390. The SMILES string of the molecule is CCCCC(=O)CN1CCN(c2ccc(Nc3cc(N(C)C(=O)Nc4c(Cl)c(OC)cc(OC)c4Cl)ncn3)cc2)CC1. The van der Waals surface area contributed by atoms with Gasteiger partial charge in [0, 0.05) is 63.2 Å². The number of aromatic nitrogens is 2. The van der Waals surface area contributed by atoms with Gasteiger partial charge in [0.2, 0.25) is 0 Å². The summed E-state index contributed by atoms with van der Waals surface area (Å²) in [5.74, 6) is 1.79. The Hall–Kier alpha value is -3.80. The maximum absolute atomic E-state index is 13.1. The van der Waals surface area contributed by atoms with Crippen molar-refractivity contribution in [2.24, 2.45) is 0 Å². The molecule has 2 aromatic carbocycles. The van der Waals surface area contributed by atoms with Crippen molar-refractivity contribution >= 4 is 63.7 Å². The number of Topliss-reactive ketones (excluding diaryl/α,β-unsaturated/α-hetero) is 1. The molecule has 13 heteroatoms. The summed E-state index contributed by atoms with van der Waals surface area (Å²) in [4.78, 5) is 39.6. The Balaban J connectivity index is 1.35. The maximum atomic E-state index is 13.1. The number of hydrogen-bond donors (Lipinski definition) is 2. The number of carbonyl (C=O) groups is 2. The van der Waals surface area contributed by atoms with Gasteiger partial charge >= 0.3 is 6.03 Å².